The van der Waals surface area contributed by atoms with Gasteiger partial charge in [0, 0.05) is 85.6 Å². The van der Waals surface area contributed by atoms with Crippen LogP contribution in [0.2, 0.25) is 84.6 Å². The van der Waals surface area contributed by atoms with Gasteiger partial charge in [-0.05, 0) is 6.04 Å². The van der Waals surface area contributed by atoms with Gasteiger partial charge in [-0.2, -0.15) is 6.61 Å². The van der Waals surface area contributed by atoms with E-state index in [9.17, 15) is 4.79 Å². The van der Waals surface area contributed by atoms with Crippen LogP contribution < -0.4 is 11.1 Å². The summed E-state index contributed by atoms with van der Waals surface area (Å²) < 4.78 is 4.38. The van der Waals surface area contributed by atoms with Crippen molar-refractivity contribution >= 4 is 39.8 Å². The summed E-state index contributed by atoms with van der Waals surface area (Å²) in [5, 5.41) is 2.59. The predicted octanol–water partition coefficient (Wildman–Crippen LogP) is 6.67. The number of allylic oxidation sites excluding steroid dienone is 1. The number of epoxide rings is 1. The van der Waals surface area contributed by atoms with Crippen LogP contribution in [-0.2, 0) is 58.5 Å². The number of carbonyl (C=O) groups is 1. The molecule has 0 atom stereocenters. The first kappa shape index (κ1) is 48.9. The van der Waals surface area contributed by atoms with E-state index in [1.165, 1.54) is 6.04 Å². The molecule has 1 fully saturated rings. The number of hydrogen-bond donors (Lipinski definition) is 2. The van der Waals surface area contributed by atoms with Crippen LogP contribution in [0.15, 0.2) is 12.7 Å². The normalized spacial score (nSPS) is 10.7. The Morgan fingerprint density at radius 1 is 1.03 bits per heavy atom. The number of carbonyl (C=O) groups excluding carboxylic acids is 1. The van der Waals surface area contributed by atoms with Gasteiger partial charge in [-0.15, -0.1) is 6.58 Å². The van der Waals surface area contributed by atoms with Gasteiger partial charge in [0.2, 0.25) is 0 Å². The molecule has 0 aromatic rings. The molecule has 1 heterocycles. The molecule has 0 unspecified atom stereocenters. The van der Waals surface area contributed by atoms with Gasteiger partial charge in [-0.25, -0.2) is 4.79 Å². The number of urea groups is 1. The van der Waals surface area contributed by atoms with Gasteiger partial charge < -0.3 is 21.9 Å². The molecule has 0 bridgehead atoms. The van der Waals surface area contributed by atoms with Crippen LogP contribution in [-0.4, -0.2) is 52.5 Å². The molecule has 1 aliphatic rings. The van der Waals surface area contributed by atoms with Crippen molar-refractivity contribution in [3.8, 4) is 0 Å². The van der Waals surface area contributed by atoms with Crippen LogP contribution in [0.25, 0.3) is 6.15 Å². The summed E-state index contributed by atoms with van der Waals surface area (Å²) in [5.41, 5.74) is 4.87. The smallest absolute Gasteiger partial charge is 0.311 e. The zero-order valence-corrected chi connectivity index (χ0v) is 31.7. The Morgan fingerprint density at radius 2 is 1.30 bits per heavy atom. The average Bonchev–Trinajstić information content (AvgIpc) is 3.21. The van der Waals surface area contributed by atoms with Crippen LogP contribution in [0.5, 0.6) is 0 Å². The molecule has 0 aromatic heterocycles. The zero-order valence-electron chi connectivity index (χ0n) is 21.9. The molecule has 5 N–H and O–H groups in total. The minimum atomic E-state index is -1.13. The first-order valence-corrected chi connectivity index (χ1v) is 23.0. The quantitative estimate of drug-likeness (QED) is 0.146. The van der Waals surface area contributed by atoms with Crippen LogP contribution in [0.3, 0.4) is 0 Å². The molecular weight excluding hydrogens is 687 g/mol. The Hall–Kier alpha value is 1.59. The fraction of sp³-hybridized carbons (Fsp3) is 0.789. The van der Waals surface area contributed by atoms with E-state index < -0.39 is 22.2 Å². The summed E-state index contributed by atoms with van der Waals surface area (Å²) in [6, 6.07) is 0.824. The molecule has 1 aliphatic heterocycles. The molecule has 11 heteroatoms. The van der Waals surface area contributed by atoms with Crippen molar-refractivity contribution in [1.82, 2.24) is 5.32 Å². The summed E-state index contributed by atoms with van der Waals surface area (Å²) in [4.78, 5) is 10.2. The summed E-state index contributed by atoms with van der Waals surface area (Å²) in [7, 11) is -1.67. The molecule has 0 saturated carbocycles. The molecule has 30 heavy (non-hydrogen) atoms. The number of rotatable bonds is 4. The molecule has 181 valence electrons. The Balaban J connectivity index is -0.0000000453. The third kappa shape index (κ3) is 153. The largest absolute Gasteiger partial charge is 0.693 e. The summed E-state index contributed by atoms with van der Waals surface area (Å²) in [5.74, 6) is 0. The van der Waals surface area contributed by atoms with Crippen molar-refractivity contribution in [2.24, 2.45) is 5.73 Å². The fourth-order valence-corrected chi connectivity index (χ4v) is 2.36. The fourth-order valence-electron chi connectivity index (χ4n) is 0.785. The van der Waals surface area contributed by atoms with Crippen molar-refractivity contribution < 1.29 is 63.3 Å². The van der Waals surface area contributed by atoms with Crippen molar-refractivity contribution in [1.29, 1.82) is 0 Å². The Labute approximate surface area is 234 Å². The molecule has 0 aliphatic carbocycles. The summed E-state index contributed by atoms with van der Waals surface area (Å²) >= 11 is 0. The summed E-state index contributed by atoms with van der Waals surface area (Å²) in [6.07, 6.45) is 2.79. The topological polar surface area (TPSA) is 101 Å². The van der Waals surface area contributed by atoms with E-state index in [2.05, 4.69) is 95.2 Å². The van der Waals surface area contributed by atoms with Gasteiger partial charge in [-0.3, -0.25) is 0 Å². The second-order valence-corrected chi connectivity index (χ2v) is 26.8. The number of primary amides is 1. The maximum atomic E-state index is 10.2. The predicted molar refractivity (Wildman–Crippen MR) is 142 cm³/mol. The van der Waals surface area contributed by atoms with E-state index in [0.29, 0.717) is 0 Å². The average molecular weight is 739 g/mol. The van der Waals surface area contributed by atoms with E-state index in [-0.39, 0.29) is 77.5 Å². The first-order chi connectivity index (χ1) is 11.9. The molecule has 0 aromatic carbocycles. The van der Waals surface area contributed by atoms with Crippen molar-refractivity contribution in [3.63, 3.8) is 0 Å². The molecule has 5 nitrogen and oxygen atoms in total. The number of nitrogens with two attached hydrogens (primary N) is 2. The third-order valence-corrected chi connectivity index (χ3v) is 4.47. The molecule has 0 spiro atoms. The van der Waals surface area contributed by atoms with Crippen molar-refractivity contribution in [2.45, 2.75) is 84.6 Å². The van der Waals surface area contributed by atoms with Crippen LogP contribution in [0, 0.1) is 6.61 Å². The number of amides is 2. The maximum Gasteiger partial charge on any atom is 0.311 e. The Morgan fingerprint density at radius 3 is 1.33 bits per heavy atom. The third-order valence-electron chi connectivity index (χ3n) is 1.72. The Kier molecular flexibility index (Phi) is 49.8. The molecule has 1 saturated heterocycles. The molecular formula is C19H51N3O2Si4WY-2. The minimum Gasteiger partial charge on any atom is -0.693 e. The SMILES string of the molecule is C=CC[Si](C)(C)C.C[Si](C)(C)CNC(N)=O.C[Si](C)C.C[Si](C)C.[CH-]1CO1.[NH2-].[W].[Y]. The molecule has 3 radical (unpaired) electrons. The minimum absolute atomic E-state index is 0. The zero-order chi connectivity index (χ0) is 22.7. The Bertz CT molecular complexity index is 339. The van der Waals surface area contributed by atoms with E-state index >= 15 is 0 Å². The summed E-state index contributed by atoms with van der Waals surface area (Å²) in [6.45, 7) is 33.5. The van der Waals surface area contributed by atoms with Gasteiger partial charge in [0.1, 0.15) is 0 Å². The first-order valence-electron chi connectivity index (χ1n) is 9.55. The number of nitrogens with one attached hydrogen (secondary N) is 1. The standard InChI is InChI=1S/C6H14Si.C5H14N2OSi.2C3H9Si.C2H3O.H2N.W.Y/c1-5-6-7(2,3)4;1-9(2,3)4-7-5(6)8;2*1-4(2)3;1-2-3-1;;;/h5H,1,6H2,2-4H3;4H2,1-3H3,(H3,6,7,8);2*1-3H3;1H,2H2;1H2;;/q;;;;2*-1;;. The number of ether oxygens (including phenoxy) is 1. The van der Waals surface area contributed by atoms with Gasteiger partial charge in [0.15, 0.2) is 0 Å². The second-order valence-electron chi connectivity index (χ2n) is 9.83. The maximum absolute atomic E-state index is 10.2. The van der Waals surface area contributed by atoms with Crippen LogP contribution in [0.1, 0.15) is 0 Å². The van der Waals surface area contributed by atoms with Gasteiger partial charge in [-0.1, -0.05) is 91.2 Å². The van der Waals surface area contributed by atoms with Gasteiger partial charge in [0.25, 0.3) is 0 Å². The van der Waals surface area contributed by atoms with Crippen molar-refractivity contribution in [3.05, 3.63) is 25.4 Å². The van der Waals surface area contributed by atoms with Crippen LogP contribution >= 0.6 is 0 Å². The van der Waals surface area contributed by atoms with E-state index in [1.54, 1.807) is 6.61 Å². The van der Waals surface area contributed by atoms with E-state index in [0.717, 1.165) is 12.8 Å². The van der Waals surface area contributed by atoms with Crippen molar-refractivity contribution in [2.75, 3.05) is 12.8 Å². The van der Waals surface area contributed by atoms with Crippen LogP contribution in [0.4, 0.5) is 4.79 Å². The van der Waals surface area contributed by atoms with Gasteiger partial charge in [0.05, 0.1) is 8.07 Å². The molecule has 2 amide bonds. The number of hydrogen-bond acceptors (Lipinski definition) is 2. The molecule has 1 rings (SSSR count). The van der Waals surface area contributed by atoms with E-state index in [4.69, 9.17) is 5.73 Å². The van der Waals surface area contributed by atoms with E-state index in [1.807, 2.05) is 6.08 Å². The second kappa shape index (κ2) is 30.6. The monoisotopic (exact) mass is 738 g/mol. The van der Waals surface area contributed by atoms with Gasteiger partial charge >= 0.3 is 6.03 Å².